The lowest BCUT2D eigenvalue weighted by Crippen LogP contribution is -2.52. The molecule has 0 aromatic heterocycles. The molecule has 9 heteroatoms. The number of morpholine rings is 1. The molecule has 0 spiro atoms. The first-order valence-electron chi connectivity index (χ1n) is 11.0. The topological polar surface area (TPSA) is 49.9 Å². The number of ether oxygens (including phenoxy) is 1. The van der Waals surface area contributed by atoms with Gasteiger partial charge in [-0.1, -0.05) is 30.3 Å². The Hall–Kier alpha value is -2.39. The van der Waals surface area contributed by atoms with Crippen molar-refractivity contribution < 1.29 is 26.9 Å². The molecule has 0 radical (unpaired) electrons. The Bertz CT molecular complexity index is 963. The van der Waals surface area contributed by atoms with Gasteiger partial charge >= 0.3 is 12.2 Å². The van der Waals surface area contributed by atoms with E-state index in [4.69, 9.17) is 4.74 Å². The lowest BCUT2D eigenvalue weighted by molar-refractivity contribution is -0.137. The maximum Gasteiger partial charge on any atom is 0.416 e. The van der Waals surface area contributed by atoms with E-state index in [1.165, 1.54) is 12.1 Å². The van der Waals surface area contributed by atoms with E-state index >= 15 is 0 Å². The highest BCUT2D eigenvalue weighted by atomic mass is 32.2. The van der Waals surface area contributed by atoms with Crippen LogP contribution in [-0.4, -0.2) is 65.2 Å². The van der Waals surface area contributed by atoms with Crippen molar-refractivity contribution >= 4 is 16.8 Å². The van der Waals surface area contributed by atoms with Gasteiger partial charge in [0.15, 0.2) is 0 Å². The molecule has 4 rings (SSSR count). The number of carbonyl (C=O) groups is 1. The maximum absolute atomic E-state index is 13.2. The van der Waals surface area contributed by atoms with Crippen LogP contribution in [0.15, 0.2) is 59.5 Å². The average molecular weight is 481 g/mol. The predicted molar refractivity (Wildman–Crippen MR) is 119 cm³/mol. The Morgan fingerprint density at radius 1 is 0.970 bits per heavy atom. The van der Waals surface area contributed by atoms with E-state index in [1.54, 1.807) is 9.80 Å². The number of likely N-dealkylation sites (tertiary alicyclic amines) is 1. The fourth-order valence-electron chi connectivity index (χ4n) is 4.50. The highest BCUT2D eigenvalue weighted by molar-refractivity contribution is 7.85. The van der Waals surface area contributed by atoms with Gasteiger partial charge in [0.25, 0.3) is 0 Å². The number of nitrogens with zero attached hydrogens (tertiary/aromatic N) is 2. The first kappa shape index (κ1) is 23.8. The van der Waals surface area contributed by atoms with Gasteiger partial charge in [-0.15, -0.1) is 0 Å². The minimum Gasteiger partial charge on any atom is -0.378 e. The second-order valence-corrected chi connectivity index (χ2v) is 10.0. The average Bonchev–Trinajstić information content (AvgIpc) is 2.84. The summed E-state index contributed by atoms with van der Waals surface area (Å²) in [6.07, 6.45) is -3.73. The van der Waals surface area contributed by atoms with Crippen molar-refractivity contribution in [2.75, 3.05) is 45.1 Å². The Morgan fingerprint density at radius 3 is 2.27 bits per heavy atom. The fraction of sp³-hybridized carbons (Fsp3) is 0.458. The first-order chi connectivity index (χ1) is 15.8. The van der Waals surface area contributed by atoms with Crippen LogP contribution in [0, 0.1) is 5.92 Å². The van der Waals surface area contributed by atoms with Crippen LogP contribution in [0.5, 0.6) is 0 Å². The van der Waals surface area contributed by atoms with Crippen LogP contribution in [0.1, 0.15) is 23.5 Å². The summed E-state index contributed by atoms with van der Waals surface area (Å²) < 4.78 is 57.3. The minimum absolute atomic E-state index is 0.0305. The second kappa shape index (κ2) is 10.3. The third kappa shape index (κ3) is 5.95. The summed E-state index contributed by atoms with van der Waals surface area (Å²) in [5.74, 6) is 0.245. The van der Waals surface area contributed by atoms with Crippen molar-refractivity contribution in [2.45, 2.75) is 23.4 Å². The molecule has 2 aromatic carbocycles. The van der Waals surface area contributed by atoms with E-state index < -0.39 is 22.5 Å². The van der Waals surface area contributed by atoms with Gasteiger partial charge in [-0.2, -0.15) is 13.2 Å². The smallest absolute Gasteiger partial charge is 0.378 e. The quantitative estimate of drug-likeness (QED) is 0.653. The van der Waals surface area contributed by atoms with Crippen LogP contribution in [0.3, 0.4) is 0 Å². The monoisotopic (exact) mass is 480 g/mol. The van der Waals surface area contributed by atoms with Gasteiger partial charge in [-0.25, -0.2) is 4.79 Å². The van der Waals surface area contributed by atoms with Crippen LogP contribution in [0.25, 0.3) is 0 Å². The first-order valence-corrected chi connectivity index (χ1v) is 12.4. The number of carbonyl (C=O) groups excluding carboxylic acids is 1. The maximum atomic E-state index is 13.2. The summed E-state index contributed by atoms with van der Waals surface area (Å²) in [5.41, 5.74) is 0.0722. The zero-order chi connectivity index (χ0) is 23.4. The molecular formula is C24H27F3N2O3S. The summed E-state index contributed by atoms with van der Waals surface area (Å²) in [4.78, 5) is 17.4. The molecule has 2 fully saturated rings. The molecule has 2 aromatic rings. The van der Waals surface area contributed by atoms with Crippen LogP contribution in [0.2, 0.25) is 0 Å². The molecule has 2 saturated heterocycles. The van der Waals surface area contributed by atoms with E-state index in [0.717, 1.165) is 22.6 Å². The molecule has 3 unspecified atom stereocenters. The molecule has 2 heterocycles. The van der Waals surface area contributed by atoms with E-state index in [-0.39, 0.29) is 17.9 Å². The molecule has 178 valence electrons. The highest BCUT2D eigenvalue weighted by Crippen LogP contribution is 2.35. The molecule has 5 nitrogen and oxygen atoms in total. The molecule has 0 bridgehead atoms. The molecule has 0 saturated carbocycles. The number of urea groups is 1. The van der Waals surface area contributed by atoms with Crippen molar-refractivity contribution in [3.63, 3.8) is 0 Å². The van der Waals surface area contributed by atoms with Crippen molar-refractivity contribution in [1.82, 2.24) is 9.80 Å². The van der Waals surface area contributed by atoms with E-state index in [0.29, 0.717) is 51.6 Å². The van der Waals surface area contributed by atoms with E-state index in [1.807, 2.05) is 30.3 Å². The Labute approximate surface area is 194 Å². The fourth-order valence-corrected chi connectivity index (χ4v) is 5.83. The van der Waals surface area contributed by atoms with Crippen molar-refractivity contribution in [3.8, 4) is 0 Å². The summed E-state index contributed by atoms with van der Waals surface area (Å²) in [6, 6.07) is 14.3. The zero-order valence-electron chi connectivity index (χ0n) is 18.2. The molecule has 2 aliphatic heterocycles. The normalized spacial score (nSPS) is 22.8. The molecular weight excluding hydrogens is 453 g/mol. The number of rotatable bonds is 4. The van der Waals surface area contributed by atoms with Crippen LogP contribution in [0.4, 0.5) is 18.0 Å². The molecule has 2 aliphatic rings. The minimum atomic E-state index is -4.39. The number of amides is 2. The SMILES string of the molecule is O=C(N1CCOCC1)N1CC(CS(=O)c2ccccc2)CC(c2ccc(C(F)(F)F)cc2)C1. The lowest BCUT2D eigenvalue weighted by Gasteiger charge is -2.41. The number of piperidine rings is 1. The third-order valence-electron chi connectivity index (χ3n) is 6.19. The van der Waals surface area contributed by atoms with Gasteiger partial charge in [0.2, 0.25) is 0 Å². The number of hydrogen-bond donors (Lipinski definition) is 0. The summed E-state index contributed by atoms with van der Waals surface area (Å²) in [5, 5.41) is 0. The van der Waals surface area contributed by atoms with Crippen molar-refractivity contribution in [1.29, 1.82) is 0 Å². The number of benzene rings is 2. The van der Waals surface area contributed by atoms with E-state index in [9.17, 15) is 22.2 Å². The standard InChI is InChI=1S/C24H27F3N2O3S/c25-24(26,27)21-8-6-19(7-9-21)20-14-18(17-33(31)22-4-2-1-3-5-22)15-29(16-20)23(30)28-10-12-32-13-11-28/h1-9,18,20H,10-17H2. The van der Waals surface area contributed by atoms with E-state index in [2.05, 4.69) is 0 Å². The summed E-state index contributed by atoms with van der Waals surface area (Å²) in [6.45, 7) is 2.91. The van der Waals surface area contributed by atoms with Crippen LogP contribution >= 0.6 is 0 Å². The van der Waals surface area contributed by atoms with Crippen LogP contribution < -0.4 is 0 Å². The third-order valence-corrected chi connectivity index (χ3v) is 7.76. The predicted octanol–water partition coefficient (Wildman–Crippen LogP) is 4.37. The largest absolute Gasteiger partial charge is 0.416 e. The van der Waals surface area contributed by atoms with Crippen molar-refractivity contribution in [3.05, 3.63) is 65.7 Å². The second-order valence-electron chi connectivity index (χ2n) is 8.53. The van der Waals surface area contributed by atoms with Gasteiger partial charge in [-0.05, 0) is 42.2 Å². The summed E-state index contributed by atoms with van der Waals surface area (Å²) >= 11 is 0. The van der Waals surface area contributed by atoms with Gasteiger partial charge in [-0.3, -0.25) is 4.21 Å². The van der Waals surface area contributed by atoms with Gasteiger partial charge in [0.1, 0.15) is 0 Å². The molecule has 33 heavy (non-hydrogen) atoms. The highest BCUT2D eigenvalue weighted by Gasteiger charge is 2.35. The Morgan fingerprint density at radius 2 is 1.64 bits per heavy atom. The molecule has 3 atom stereocenters. The zero-order valence-corrected chi connectivity index (χ0v) is 19.0. The lowest BCUT2D eigenvalue weighted by atomic mass is 9.85. The Balaban J connectivity index is 1.53. The van der Waals surface area contributed by atoms with Gasteiger partial charge < -0.3 is 14.5 Å². The number of hydrogen-bond acceptors (Lipinski definition) is 3. The number of halogens is 3. The molecule has 0 aliphatic carbocycles. The molecule has 0 N–H and O–H groups in total. The number of alkyl halides is 3. The van der Waals surface area contributed by atoms with Crippen LogP contribution in [-0.2, 0) is 21.7 Å². The van der Waals surface area contributed by atoms with Gasteiger partial charge in [0.05, 0.1) is 29.6 Å². The van der Waals surface area contributed by atoms with Gasteiger partial charge in [0, 0.05) is 42.7 Å². The molecule has 2 amide bonds. The Kier molecular flexibility index (Phi) is 7.38. The van der Waals surface area contributed by atoms with Crippen molar-refractivity contribution in [2.24, 2.45) is 5.92 Å². The summed E-state index contributed by atoms with van der Waals surface area (Å²) in [7, 11) is -1.22.